The number of halogens is 3. The summed E-state index contributed by atoms with van der Waals surface area (Å²) in [6.07, 6.45) is -0.813. The second-order valence-corrected chi connectivity index (χ2v) is 10.8. The molecule has 6 rings (SSSR count). The Bertz CT molecular complexity index is 2000. The predicted octanol–water partition coefficient (Wildman–Crippen LogP) is 7.81. The number of imidazole rings is 1. The van der Waals surface area contributed by atoms with Crippen LogP contribution in [-0.2, 0) is 17.9 Å². The molecule has 12 heteroatoms. The molecular weight excluding hydrogens is 658 g/mol. The van der Waals surface area contributed by atoms with Gasteiger partial charge in [0.15, 0.2) is 15.9 Å². The molecule has 9 nitrogen and oxygen atoms in total. The minimum atomic E-state index is -0.813. The Hall–Kier alpha value is -5.49. The molecule has 0 N–H and O–H groups in total. The van der Waals surface area contributed by atoms with E-state index >= 15 is 0 Å². The summed E-state index contributed by atoms with van der Waals surface area (Å²) >= 11 is 3.43. The van der Waals surface area contributed by atoms with Crippen molar-refractivity contribution in [1.82, 2.24) is 19.5 Å². The molecular formula is C34H25BrF2N6O3. The van der Waals surface area contributed by atoms with Crippen LogP contribution in [0.25, 0.3) is 11.2 Å². The first kappa shape index (κ1) is 30.5. The summed E-state index contributed by atoms with van der Waals surface area (Å²) in [4.78, 5) is 43.0. The van der Waals surface area contributed by atoms with Crippen molar-refractivity contribution in [2.24, 2.45) is 0 Å². The summed E-state index contributed by atoms with van der Waals surface area (Å²) in [6.45, 7) is 1.09. The molecule has 0 fully saturated rings. The van der Waals surface area contributed by atoms with Gasteiger partial charge in [0, 0.05) is 18.1 Å². The highest BCUT2D eigenvalue weighted by Gasteiger charge is 2.28. The molecule has 4 aromatic carbocycles. The average Bonchev–Trinajstić information content (AvgIpc) is 3.37. The summed E-state index contributed by atoms with van der Waals surface area (Å²) in [5.41, 5.74) is 1.85. The summed E-state index contributed by atoms with van der Waals surface area (Å²) < 4.78 is 37.2. The van der Waals surface area contributed by atoms with Crippen LogP contribution in [0.15, 0.2) is 114 Å². The number of ether oxygens (including phenoxy) is 1. The third-order valence-electron chi connectivity index (χ3n) is 7.09. The van der Waals surface area contributed by atoms with E-state index in [1.807, 2.05) is 12.1 Å². The molecule has 0 saturated heterocycles. The van der Waals surface area contributed by atoms with E-state index in [0.29, 0.717) is 16.9 Å². The van der Waals surface area contributed by atoms with Crippen LogP contribution in [0, 0.1) is 11.6 Å². The van der Waals surface area contributed by atoms with Gasteiger partial charge in [-0.3, -0.25) is 14.3 Å². The van der Waals surface area contributed by atoms with Gasteiger partial charge in [0.1, 0.15) is 11.6 Å². The van der Waals surface area contributed by atoms with Gasteiger partial charge in [-0.2, -0.15) is 9.97 Å². The van der Waals surface area contributed by atoms with Gasteiger partial charge in [-0.15, -0.1) is 0 Å². The highest BCUT2D eigenvalue weighted by atomic mass is 79.9. The third-order valence-corrected chi connectivity index (χ3v) is 7.70. The van der Waals surface area contributed by atoms with Gasteiger partial charge in [-0.1, -0.05) is 72.8 Å². The van der Waals surface area contributed by atoms with Crippen LogP contribution in [-0.4, -0.2) is 31.5 Å². The SMILES string of the molecule is CC(=O)N(Cc1ccccc1F)c1nc(OC(=O)N(c2ccccc2)c2ccccc2)c2nc(Br)n(Cc3ccccc3F)c2n1. The fourth-order valence-electron chi connectivity index (χ4n) is 4.83. The highest BCUT2D eigenvalue weighted by Crippen LogP contribution is 2.32. The monoisotopic (exact) mass is 682 g/mol. The highest BCUT2D eigenvalue weighted by molar-refractivity contribution is 9.10. The van der Waals surface area contributed by atoms with Crippen LogP contribution in [0.5, 0.6) is 5.88 Å². The van der Waals surface area contributed by atoms with Gasteiger partial charge < -0.3 is 4.74 Å². The van der Waals surface area contributed by atoms with Crippen molar-refractivity contribution in [1.29, 1.82) is 0 Å². The minimum Gasteiger partial charge on any atom is -0.388 e. The van der Waals surface area contributed by atoms with Gasteiger partial charge in [0.2, 0.25) is 11.9 Å². The Morgan fingerprint density at radius 1 is 0.761 bits per heavy atom. The van der Waals surface area contributed by atoms with Crippen molar-refractivity contribution in [3.8, 4) is 5.88 Å². The first-order chi connectivity index (χ1) is 22.3. The maximum atomic E-state index is 14.7. The van der Waals surface area contributed by atoms with E-state index in [9.17, 15) is 18.4 Å². The number of benzene rings is 4. The van der Waals surface area contributed by atoms with E-state index in [0.717, 1.165) is 4.90 Å². The smallest absolute Gasteiger partial charge is 0.388 e. The number of nitrogens with zero attached hydrogens (tertiary/aromatic N) is 6. The lowest BCUT2D eigenvalue weighted by Crippen LogP contribution is -2.32. The number of fused-ring (bicyclic) bond motifs is 1. The summed E-state index contributed by atoms with van der Waals surface area (Å²) in [6, 6.07) is 30.1. The Labute approximate surface area is 270 Å². The molecule has 2 heterocycles. The number of hydrogen-bond acceptors (Lipinski definition) is 6. The van der Waals surface area contributed by atoms with Crippen LogP contribution in [0.3, 0.4) is 0 Å². The number of rotatable bonds is 8. The zero-order valence-corrected chi connectivity index (χ0v) is 25.9. The Kier molecular flexibility index (Phi) is 8.79. The molecule has 0 spiro atoms. The molecule has 0 aliphatic carbocycles. The van der Waals surface area contributed by atoms with E-state index in [2.05, 4.69) is 30.9 Å². The molecule has 2 amide bonds. The normalized spacial score (nSPS) is 11.0. The number of carbonyl (C=O) groups excluding carboxylic acids is 2. The summed E-state index contributed by atoms with van der Waals surface area (Å²) in [5.74, 6) is -1.87. The first-order valence-electron chi connectivity index (χ1n) is 14.1. The van der Waals surface area contributed by atoms with E-state index in [1.165, 1.54) is 24.0 Å². The maximum Gasteiger partial charge on any atom is 0.425 e. The number of aromatic nitrogens is 4. The van der Waals surface area contributed by atoms with Crippen LogP contribution in [0.2, 0.25) is 0 Å². The van der Waals surface area contributed by atoms with Gasteiger partial charge >= 0.3 is 6.09 Å². The molecule has 0 unspecified atom stereocenters. The number of hydrogen-bond donors (Lipinski definition) is 0. The second-order valence-electron chi connectivity index (χ2n) is 10.1. The van der Waals surface area contributed by atoms with Crippen LogP contribution in [0.1, 0.15) is 18.1 Å². The average molecular weight is 684 g/mol. The number of amides is 2. The maximum absolute atomic E-state index is 14.7. The number of carbonyl (C=O) groups is 2. The van der Waals surface area contributed by atoms with E-state index < -0.39 is 23.6 Å². The fourth-order valence-corrected chi connectivity index (χ4v) is 5.30. The van der Waals surface area contributed by atoms with E-state index in [4.69, 9.17) is 4.74 Å². The van der Waals surface area contributed by atoms with Crippen molar-refractivity contribution >= 4 is 56.4 Å². The molecule has 0 aliphatic heterocycles. The zero-order chi connectivity index (χ0) is 32.2. The van der Waals surface area contributed by atoms with Gasteiger partial charge in [-0.25, -0.2) is 23.5 Å². The molecule has 0 saturated carbocycles. The fraction of sp³-hybridized carbons (Fsp3) is 0.0882. The number of anilines is 3. The van der Waals surface area contributed by atoms with Crippen molar-refractivity contribution in [3.05, 3.63) is 137 Å². The standard InChI is InChI=1S/C34H25BrF2N6O3/c1-22(44)41(20-23-12-8-10-18-27(23)36)33-39-30-29(38-32(35)42(30)21-24-13-9-11-19-28(24)37)31(40-33)46-34(45)43(25-14-4-2-5-15-25)26-16-6-3-7-17-26/h2-19H,20-21H2,1H3. The molecule has 2 aromatic heterocycles. The zero-order valence-electron chi connectivity index (χ0n) is 24.3. The molecule has 46 heavy (non-hydrogen) atoms. The van der Waals surface area contributed by atoms with Crippen LogP contribution >= 0.6 is 15.9 Å². The van der Waals surface area contributed by atoms with Gasteiger partial charge in [0.25, 0.3) is 5.88 Å². The predicted molar refractivity (Wildman–Crippen MR) is 173 cm³/mol. The molecule has 0 atom stereocenters. The quantitative estimate of drug-likeness (QED) is 0.152. The van der Waals surface area contributed by atoms with Crippen molar-refractivity contribution < 1.29 is 23.1 Å². The molecule has 0 bridgehead atoms. The number of para-hydroxylation sites is 2. The Morgan fingerprint density at radius 3 is 1.87 bits per heavy atom. The molecule has 0 radical (unpaired) electrons. The molecule has 0 aliphatic rings. The van der Waals surface area contributed by atoms with Crippen LogP contribution in [0.4, 0.5) is 30.9 Å². The molecule has 230 valence electrons. The lowest BCUT2D eigenvalue weighted by atomic mass is 10.2. The van der Waals surface area contributed by atoms with Crippen molar-refractivity contribution in [2.45, 2.75) is 20.0 Å². The lowest BCUT2D eigenvalue weighted by Gasteiger charge is -2.23. The van der Waals surface area contributed by atoms with Crippen molar-refractivity contribution in [3.63, 3.8) is 0 Å². The summed E-state index contributed by atoms with van der Waals surface area (Å²) in [5, 5.41) is 0. The molecule has 6 aromatic rings. The first-order valence-corrected chi connectivity index (χ1v) is 14.9. The topological polar surface area (TPSA) is 93.5 Å². The van der Waals surface area contributed by atoms with Crippen molar-refractivity contribution in [2.75, 3.05) is 9.80 Å². The lowest BCUT2D eigenvalue weighted by molar-refractivity contribution is -0.116. The van der Waals surface area contributed by atoms with E-state index in [1.54, 1.807) is 89.5 Å². The van der Waals surface area contributed by atoms with E-state index in [-0.39, 0.29) is 46.4 Å². The van der Waals surface area contributed by atoms with Gasteiger partial charge in [0.05, 0.1) is 24.5 Å². The largest absolute Gasteiger partial charge is 0.425 e. The van der Waals surface area contributed by atoms with Gasteiger partial charge in [-0.05, 0) is 52.3 Å². The Morgan fingerprint density at radius 2 is 1.30 bits per heavy atom. The summed E-state index contributed by atoms with van der Waals surface area (Å²) in [7, 11) is 0. The van der Waals surface area contributed by atoms with Crippen LogP contribution < -0.4 is 14.5 Å². The Balaban J connectivity index is 1.49. The minimum absolute atomic E-state index is 0.00113. The second kappa shape index (κ2) is 13.2. The third kappa shape index (κ3) is 6.33.